The third-order valence-corrected chi connectivity index (χ3v) is 9.11. The molecule has 2 heterocycles. The van der Waals surface area contributed by atoms with Crippen LogP contribution in [0.3, 0.4) is 0 Å². The highest BCUT2D eigenvalue weighted by Crippen LogP contribution is 2.47. The van der Waals surface area contributed by atoms with E-state index in [2.05, 4.69) is 152 Å². The van der Waals surface area contributed by atoms with Crippen molar-refractivity contribution < 1.29 is 0 Å². The number of aromatic nitrogens is 1. The number of para-hydroxylation sites is 1. The highest BCUT2D eigenvalue weighted by atomic mass is 32.1. The van der Waals surface area contributed by atoms with Crippen molar-refractivity contribution in [2.24, 2.45) is 0 Å². The van der Waals surface area contributed by atoms with Gasteiger partial charge in [0.25, 0.3) is 0 Å². The Labute approximate surface area is 245 Å². The van der Waals surface area contributed by atoms with E-state index in [0.29, 0.717) is 0 Å². The van der Waals surface area contributed by atoms with Crippen LogP contribution in [0.15, 0.2) is 146 Å². The van der Waals surface area contributed by atoms with Crippen molar-refractivity contribution in [1.29, 1.82) is 0 Å². The Morgan fingerprint density at radius 3 is 1.93 bits per heavy atom. The maximum absolute atomic E-state index is 3.88. The third-order valence-electron chi connectivity index (χ3n) is 7.81. The van der Waals surface area contributed by atoms with E-state index in [0.717, 1.165) is 5.69 Å². The smallest absolute Gasteiger partial charge is 0.0537 e. The van der Waals surface area contributed by atoms with Gasteiger partial charge in [-0.05, 0) is 41.8 Å². The first-order valence-electron chi connectivity index (χ1n) is 13.9. The molecule has 0 aliphatic rings. The zero-order valence-corrected chi connectivity index (χ0v) is 23.7. The van der Waals surface area contributed by atoms with Crippen molar-refractivity contribution in [3.05, 3.63) is 157 Å². The van der Waals surface area contributed by atoms with Crippen molar-refractivity contribution in [2.75, 3.05) is 0 Å². The quantitative estimate of drug-likeness (QED) is 0.184. The van der Waals surface area contributed by atoms with Crippen molar-refractivity contribution in [3.63, 3.8) is 0 Å². The molecule has 0 saturated carbocycles. The van der Waals surface area contributed by atoms with E-state index < -0.39 is 0 Å². The van der Waals surface area contributed by atoms with Gasteiger partial charge in [-0.3, -0.25) is 0 Å². The molecule has 2 aromatic heterocycles. The maximum Gasteiger partial charge on any atom is 0.0537 e. The molecular formula is C39H29NS. The Balaban J connectivity index is 1.49. The molecule has 41 heavy (non-hydrogen) atoms. The summed E-state index contributed by atoms with van der Waals surface area (Å²) >= 11 is 1.88. The number of thiophene rings is 1. The van der Waals surface area contributed by atoms with Gasteiger partial charge in [-0.15, -0.1) is 11.3 Å². The molecule has 0 amide bonds. The van der Waals surface area contributed by atoms with E-state index in [4.69, 9.17) is 0 Å². The lowest BCUT2D eigenvalue weighted by Gasteiger charge is -2.15. The second kappa shape index (κ2) is 10.6. The van der Waals surface area contributed by atoms with Gasteiger partial charge in [-0.2, -0.15) is 0 Å². The zero-order valence-electron chi connectivity index (χ0n) is 22.9. The molecule has 0 radical (unpaired) electrons. The van der Waals surface area contributed by atoms with Gasteiger partial charge in [0.1, 0.15) is 0 Å². The second-order valence-electron chi connectivity index (χ2n) is 10.2. The summed E-state index contributed by atoms with van der Waals surface area (Å²) in [5.41, 5.74) is 9.75. The summed E-state index contributed by atoms with van der Waals surface area (Å²) in [6, 6.07) is 45.9. The summed E-state index contributed by atoms with van der Waals surface area (Å²) in [6.45, 7) is 6.09. The number of fused-ring (bicyclic) bond motifs is 2. The van der Waals surface area contributed by atoms with E-state index in [-0.39, 0.29) is 0 Å². The van der Waals surface area contributed by atoms with Crippen molar-refractivity contribution in [1.82, 2.24) is 4.57 Å². The summed E-state index contributed by atoms with van der Waals surface area (Å²) in [5.74, 6) is 0. The number of hydrogen-bond acceptors (Lipinski definition) is 1. The second-order valence-corrected chi connectivity index (χ2v) is 11.2. The minimum atomic E-state index is 1.16. The molecule has 196 valence electrons. The number of allylic oxidation sites excluding steroid dienone is 2. The molecule has 0 saturated heterocycles. The number of nitrogens with zero attached hydrogens (tertiary/aromatic N) is 1. The van der Waals surface area contributed by atoms with Crippen molar-refractivity contribution >= 4 is 39.1 Å². The van der Waals surface area contributed by atoms with Crippen LogP contribution in [0, 0.1) is 6.92 Å². The van der Waals surface area contributed by atoms with Crippen LogP contribution < -0.4 is 0 Å². The Morgan fingerprint density at radius 1 is 0.610 bits per heavy atom. The topological polar surface area (TPSA) is 4.93 Å². The lowest BCUT2D eigenvalue weighted by Crippen LogP contribution is -1.98. The standard InChI is InChI=1S/C39H29NS/c1-3-4-19-31-27(2)40(37-23-14-13-20-32(31)37)30-24-25-35(36(26-30)28-15-7-5-8-16-28)39-34-22-12-11-21-33(34)38(41-39)29-17-9-6-10-18-29/h3-26H,1H2,2H3/b19-4-. The minimum Gasteiger partial charge on any atom is -0.313 e. The van der Waals surface area contributed by atoms with Gasteiger partial charge >= 0.3 is 0 Å². The van der Waals surface area contributed by atoms with Gasteiger partial charge < -0.3 is 4.57 Å². The normalized spacial score (nSPS) is 11.5. The predicted octanol–water partition coefficient (Wildman–Crippen LogP) is 11.4. The largest absolute Gasteiger partial charge is 0.313 e. The first-order valence-corrected chi connectivity index (χ1v) is 14.7. The molecule has 5 aromatic carbocycles. The summed E-state index contributed by atoms with van der Waals surface area (Å²) in [7, 11) is 0. The molecule has 2 heteroatoms. The minimum absolute atomic E-state index is 1.16. The van der Waals surface area contributed by atoms with E-state index in [1.165, 1.54) is 64.9 Å². The molecule has 0 N–H and O–H groups in total. The van der Waals surface area contributed by atoms with E-state index >= 15 is 0 Å². The van der Waals surface area contributed by atoms with Gasteiger partial charge in [0.05, 0.1) is 5.52 Å². The van der Waals surface area contributed by atoms with Crippen molar-refractivity contribution in [2.45, 2.75) is 6.92 Å². The first kappa shape index (κ1) is 25.1. The molecule has 0 bridgehead atoms. The summed E-state index contributed by atoms with van der Waals surface area (Å²) in [6.07, 6.45) is 6.02. The maximum atomic E-state index is 3.88. The highest BCUT2D eigenvalue weighted by Gasteiger charge is 2.19. The molecule has 0 unspecified atom stereocenters. The van der Waals surface area contributed by atoms with Crippen LogP contribution in [0.1, 0.15) is 11.3 Å². The van der Waals surface area contributed by atoms with Gasteiger partial charge in [0, 0.05) is 48.4 Å². The summed E-state index contributed by atoms with van der Waals surface area (Å²) in [4.78, 5) is 2.61. The van der Waals surface area contributed by atoms with E-state index in [1.54, 1.807) is 0 Å². The molecule has 0 spiro atoms. The van der Waals surface area contributed by atoms with Crippen LogP contribution in [0.5, 0.6) is 0 Å². The fourth-order valence-corrected chi connectivity index (χ4v) is 7.24. The molecule has 0 aliphatic heterocycles. The Bertz CT molecular complexity index is 2060. The molecule has 7 aromatic rings. The SMILES string of the molecule is C=C/C=C\c1c(C)n(-c2ccc(-c3sc(-c4ccccc4)c4ccccc34)c(-c3ccccc3)c2)c2ccccc12. The van der Waals surface area contributed by atoms with Crippen LogP contribution in [-0.4, -0.2) is 4.57 Å². The fourth-order valence-electron chi connectivity index (χ4n) is 5.92. The van der Waals surface area contributed by atoms with Crippen molar-refractivity contribution in [3.8, 4) is 37.7 Å². The van der Waals surface area contributed by atoms with Gasteiger partial charge in [0.2, 0.25) is 0 Å². The Hall–Kier alpha value is -4.92. The van der Waals surface area contributed by atoms with Crippen LogP contribution in [-0.2, 0) is 0 Å². The van der Waals surface area contributed by atoms with Crippen LogP contribution in [0.4, 0.5) is 0 Å². The monoisotopic (exact) mass is 543 g/mol. The van der Waals surface area contributed by atoms with Gasteiger partial charge in [0.15, 0.2) is 0 Å². The third kappa shape index (κ3) is 4.34. The molecule has 0 atom stereocenters. The molecule has 0 aliphatic carbocycles. The van der Waals surface area contributed by atoms with Crippen LogP contribution in [0.25, 0.3) is 65.4 Å². The molecule has 1 nitrogen and oxygen atoms in total. The van der Waals surface area contributed by atoms with Gasteiger partial charge in [-0.25, -0.2) is 0 Å². The summed E-state index contributed by atoms with van der Waals surface area (Å²) in [5, 5.41) is 3.83. The lowest BCUT2D eigenvalue weighted by atomic mass is 9.96. The van der Waals surface area contributed by atoms with Crippen LogP contribution >= 0.6 is 11.3 Å². The molecule has 0 fully saturated rings. The van der Waals surface area contributed by atoms with E-state index in [9.17, 15) is 0 Å². The van der Waals surface area contributed by atoms with Crippen LogP contribution in [0.2, 0.25) is 0 Å². The summed E-state index contributed by atoms with van der Waals surface area (Å²) < 4.78 is 2.39. The Morgan fingerprint density at radius 2 is 1.22 bits per heavy atom. The predicted molar refractivity (Wildman–Crippen MR) is 179 cm³/mol. The zero-order chi connectivity index (χ0) is 27.8. The first-order chi connectivity index (χ1) is 20.2. The average Bonchev–Trinajstić information content (AvgIpc) is 3.55. The molecule has 7 rings (SSSR count). The van der Waals surface area contributed by atoms with E-state index in [1.807, 2.05) is 23.5 Å². The highest BCUT2D eigenvalue weighted by molar-refractivity contribution is 7.21. The lowest BCUT2D eigenvalue weighted by molar-refractivity contribution is 1.05. The number of benzene rings is 5. The molecular weight excluding hydrogens is 515 g/mol. The van der Waals surface area contributed by atoms with Gasteiger partial charge in [-0.1, -0.05) is 134 Å². The Kier molecular flexibility index (Phi) is 6.47. The number of hydrogen-bond donors (Lipinski definition) is 0. The average molecular weight is 544 g/mol. The fraction of sp³-hybridized carbons (Fsp3) is 0.0256. The number of rotatable bonds is 6.